The lowest BCUT2D eigenvalue weighted by atomic mass is 10.1. The zero-order chi connectivity index (χ0) is 25.4. The van der Waals surface area contributed by atoms with Crippen molar-refractivity contribution in [3.05, 3.63) is 93.0 Å². The van der Waals surface area contributed by atoms with E-state index >= 15 is 0 Å². The minimum atomic E-state index is -0.913. The van der Waals surface area contributed by atoms with E-state index < -0.39 is 12.0 Å². The number of methoxy groups -OCH3 is 1. The zero-order valence-electron chi connectivity index (χ0n) is 19.9. The van der Waals surface area contributed by atoms with Crippen molar-refractivity contribution in [3.63, 3.8) is 0 Å². The molecule has 0 aromatic heterocycles. The SMILES string of the molecule is CCNc1cc(C)cc(COc2c(Cl)cc(CC(=O)NC(C(=O)OC)c3ccccc3)cc2Cl)c1. The van der Waals surface area contributed by atoms with Gasteiger partial charge in [0.1, 0.15) is 6.61 Å². The Balaban J connectivity index is 1.69. The summed E-state index contributed by atoms with van der Waals surface area (Å²) in [7, 11) is 1.28. The highest BCUT2D eigenvalue weighted by atomic mass is 35.5. The number of hydrogen-bond donors (Lipinski definition) is 2. The largest absolute Gasteiger partial charge is 0.486 e. The number of amides is 1. The fourth-order valence-electron chi connectivity index (χ4n) is 3.70. The van der Waals surface area contributed by atoms with Gasteiger partial charge in [0.2, 0.25) is 5.91 Å². The van der Waals surface area contributed by atoms with E-state index in [1.54, 1.807) is 36.4 Å². The average Bonchev–Trinajstić information content (AvgIpc) is 2.82. The number of hydrogen-bond acceptors (Lipinski definition) is 5. The van der Waals surface area contributed by atoms with Gasteiger partial charge in [0.05, 0.1) is 23.6 Å². The van der Waals surface area contributed by atoms with E-state index in [4.69, 9.17) is 32.7 Å². The summed E-state index contributed by atoms with van der Waals surface area (Å²) >= 11 is 12.9. The molecule has 3 aromatic rings. The molecule has 0 heterocycles. The van der Waals surface area contributed by atoms with Crippen molar-refractivity contribution in [2.24, 2.45) is 0 Å². The first kappa shape index (κ1) is 26.4. The first-order valence-electron chi connectivity index (χ1n) is 11.2. The van der Waals surface area contributed by atoms with Crippen molar-refractivity contribution in [1.29, 1.82) is 0 Å². The first-order valence-corrected chi connectivity index (χ1v) is 11.9. The van der Waals surface area contributed by atoms with E-state index in [2.05, 4.69) is 16.7 Å². The number of esters is 1. The van der Waals surface area contributed by atoms with Crippen molar-refractivity contribution in [1.82, 2.24) is 5.32 Å². The van der Waals surface area contributed by atoms with E-state index in [9.17, 15) is 9.59 Å². The molecule has 1 amide bonds. The molecule has 3 aromatic carbocycles. The van der Waals surface area contributed by atoms with Crippen LogP contribution < -0.4 is 15.4 Å². The van der Waals surface area contributed by atoms with Gasteiger partial charge in [-0.15, -0.1) is 0 Å². The molecule has 0 radical (unpaired) electrons. The predicted octanol–water partition coefficient (Wildman–Crippen LogP) is 5.89. The maximum atomic E-state index is 12.7. The fraction of sp³-hybridized carbons (Fsp3) is 0.259. The number of halogens is 2. The first-order chi connectivity index (χ1) is 16.8. The van der Waals surface area contributed by atoms with Crippen LogP contribution in [0.2, 0.25) is 10.0 Å². The highest BCUT2D eigenvalue weighted by molar-refractivity contribution is 6.37. The molecule has 8 heteroatoms. The maximum Gasteiger partial charge on any atom is 0.333 e. The van der Waals surface area contributed by atoms with Gasteiger partial charge in [-0.1, -0.05) is 59.6 Å². The Hall–Kier alpha value is -3.22. The highest BCUT2D eigenvalue weighted by Gasteiger charge is 2.23. The summed E-state index contributed by atoms with van der Waals surface area (Å²) in [5.74, 6) is -0.584. The molecule has 1 unspecified atom stereocenters. The molecule has 0 fully saturated rings. The normalized spacial score (nSPS) is 11.5. The maximum absolute atomic E-state index is 12.7. The molecule has 0 saturated heterocycles. The van der Waals surface area contributed by atoms with Gasteiger partial charge < -0.3 is 20.1 Å². The van der Waals surface area contributed by atoms with Crippen LogP contribution in [0.1, 0.15) is 35.2 Å². The monoisotopic (exact) mass is 514 g/mol. The van der Waals surface area contributed by atoms with E-state index in [0.29, 0.717) is 26.9 Å². The van der Waals surface area contributed by atoms with Crippen LogP contribution in [0.4, 0.5) is 5.69 Å². The molecular weight excluding hydrogens is 487 g/mol. The lowest BCUT2D eigenvalue weighted by Crippen LogP contribution is -2.35. The molecule has 0 saturated carbocycles. The van der Waals surface area contributed by atoms with Crippen molar-refractivity contribution in [3.8, 4) is 5.75 Å². The number of ether oxygens (including phenoxy) is 2. The second-order valence-electron chi connectivity index (χ2n) is 8.03. The Kier molecular flexibility index (Phi) is 9.40. The fourth-order valence-corrected chi connectivity index (χ4v) is 4.34. The summed E-state index contributed by atoms with van der Waals surface area (Å²) in [6, 6.07) is 17.4. The second kappa shape index (κ2) is 12.5. The van der Waals surface area contributed by atoms with E-state index in [0.717, 1.165) is 23.4 Å². The van der Waals surface area contributed by atoms with Crippen LogP contribution in [-0.4, -0.2) is 25.5 Å². The van der Waals surface area contributed by atoms with E-state index in [1.165, 1.54) is 7.11 Å². The van der Waals surface area contributed by atoms with Crippen LogP contribution in [-0.2, 0) is 27.4 Å². The Morgan fingerprint density at radius 2 is 1.66 bits per heavy atom. The van der Waals surface area contributed by atoms with Crippen LogP contribution >= 0.6 is 23.2 Å². The summed E-state index contributed by atoms with van der Waals surface area (Å²) in [5, 5.41) is 6.61. The van der Waals surface area contributed by atoms with Crippen LogP contribution in [0.5, 0.6) is 5.75 Å². The summed E-state index contributed by atoms with van der Waals surface area (Å²) in [5.41, 5.74) is 4.32. The lowest BCUT2D eigenvalue weighted by molar-refractivity contribution is -0.145. The van der Waals surface area contributed by atoms with Crippen molar-refractivity contribution < 1.29 is 19.1 Å². The molecule has 0 aliphatic carbocycles. The van der Waals surface area contributed by atoms with Gasteiger partial charge in [-0.3, -0.25) is 4.79 Å². The Labute approximate surface area is 215 Å². The van der Waals surface area contributed by atoms with Gasteiger partial charge in [-0.2, -0.15) is 0 Å². The molecule has 3 rings (SSSR count). The second-order valence-corrected chi connectivity index (χ2v) is 8.84. The van der Waals surface area contributed by atoms with Crippen LogP contribution in [0.3, 0.4) is 0 Å². The van der Waals surface area contributed by atoms with Gasteiger partial charge >= 0.3 is 5.97 Å². The van der Waals surface area contributed by atoms with Crippen molar-refractivity contribution in [2.75, 3.05) is 19.0 Å². The van der Waals surface area contributed by atoms with E-state index in [-0.39, 0.29) is 18.9 Å². The number of carbonyl (C=O) groups is 2. The number of nitrogens with one attached hydrogen (secondary N) is 2. The van der Waals surface area contributed by atoms with Gasteiger partial charge in [-0.25, -0.2) is 4.79 Å². The zero-order valence-corrected chi connectivity index (χ0v) is 21.4. The van der Waals surface area contributed by atoms with Crippen LogP contribution in [0.25, 0.3) is 0 Å². The van der Waals surface area contributed by atoms with E-state index in [1.807, 2.05) is 32.0 Å². The summed E-state index contributed by atoms with van der Waals surface area (Å²) in [6.07, 6.45) is -0.0238. The summed E-state index contributed by atoms with van der Waals surface area (Å²) in [4.78, 5) is 24.9. The smallest absolute Gasteiger partial charge is 0.333 e. The number of anilines is 1. The number of rotatable bonds is 10. The average molecular weight is 515 g/mol. The van der Waals surface area contributed by atoms with Gasteiger partial charge in [0, 0.05) is 12.2 Å². The molecule has 0 aliphatic rings. The molecule has 2 N–H and O–H groups in total. The molecule has 1 atom stereocenters. The number of aryl methyl sites for hydroxylation is 1. The minimum Gasteiger partial charge on any atom is -0.486 e. The molecule has 0 bridgehead atoms. The predicted molar refractivity (Wildman–Crippen MR) is 139 cm³/mol. The number of carbonyl (C=O) groups excluding carboxylic acids is 2. The topological polar surface area (TPSA) is 76.7 Å². The molecule has 0 spiro atoms. The van der Waals surface area contributed by atoms with Gasteiger partial charge in [0.25, 0.3) is 0 Å². The quantitative estimate of drug-likeness (QED) is 0.330. The summed E-state index contributed by atoms with van der Waals surface area (Å²) < 4.78 is 10.8. The highest BCUT2D eigenvalue weighted by Crippen LogP contribution is 2.35. The molecule has 184 valence electrons. The van der Waals surface area contributed by atoms with Crippen molar-refractivity contribution in [2.45, 2.75) is 32.9 Å². The Bertz CT molecular complexity index is 1160. The molecule has 0 aliphatic heterocycles. The third-order valence-corrected chi connectivity index (χ3v) is 5.76. The van der Waals surface area contributed by atoms with Crippen molar-refractivity contribution >= 4 is 40.8 Å². The Morgan fingerprint density at radius 3 is 2.29 bits per heavy atom. The standard InChI is InChI=1S/C27H28Cl2N2O4/c1-4-30-21-11-17(2)10-19(12-21)16-35-26-22(28)13-18(14-23(26)29)15-24(32)31-25(27(33)34-3)20-8-6-5-7-9-20/h5-14,25,30H,4,15-16H2,1-3H3,(H,31,32). The van der Waals surface area contributed by atoms with Gasteiger partial charge in [0.15, 0.2) is 11.8 Å². The number of benzene rings is 3. The van der Waals surface area contributed by atoms with Gasteiger partial charge in [-0.05, 0) is 60.4 Å². The minimum absolute atomic E-state index is 0.0238. The molecule has 35 heavy (non-hydrogen) atoms. The molecule has 6 nitrogen and oxygen atoms in total. The van der Waals surface area contributed by atoms with Crippen LogP contribution in [0, 0.1) is 6.92 Å². The van der Waals surface area contributed by atoms with Crippen LogP contribution in [0.15, 0.2) is 60.7 Å². The summed E-state index contributed by atoms with van der Waals surface area (Å²) in [6.45, 7) is 5.17. The lowest BCUT2D eigenvalue weighted by Gasteiger charge is -2.17. The molecular formula is C27H28Cl2N2O4. The Morgan fingerprint density at radius 1 is 0.971 bits per heavy atom. The third-order valence-electron chi connectivity index (χ3n) is 5.20. The third kappa shape index (κ3) is 7.38.